The summed E-state index contributed by atoms with van der Waals surface area (Å²) in [7, 11) is 1.03. The minimum Gasteiger partial charge on any atom is -0.387 e. The molecular weight excluding hydrogens is 289 g/mol. The van der Waals surface area contributed by atoms with Gasteiger partial charge in [0.1, 0.15) is 31.8 Å². The van der Waals surface area contributed by atoms with Crippen LogP contribution in [0.2, 0.25) is 0 Å². The lowest BCUT2D eigenvalue weighted by Gasteiger charge is -2.37. The third kappa shape index (κ3) is 3.43. The maximum atomic E-state index is 13.5. The molecule has 0 bridgehead atoms. The third-order valence-corrected chi connectivity index (χ3v) is 5.44. The largest absolute Gasteiger partial charge is 0.387 e. The van der Waals surface area contributed by atoms with E-state index in [0.717, 1.165) is 0 Å². The Morgan fingerprint density at radius 3 is 2.45 bits per heavy atom. The second-order valence-corrected chi connectivity index (χ2v) is 7.07. The van der Waals surface area contributed by atoms with Crippen molar-refractivity contribution < 1.29 is 33.3 Å². The van der Waals surface area contributed by atoms with Gasteiger partial charge in [0, 0.05) is 0 Å². The topological polar surface area (TPSA) is 96.2 Å². The van der Waals surface area contributed by atoms with E-state index in [0.29, 0.717) is 0 Å². The molecule has 3 unspecified atom stereocenters. The summed E-state index contributed by atoms with van der Waals surface area (Å²) in [5.41, 5.74) is -1.45. The molecule has 3 N–H and O–H groups in total. The molecule has 0 saturated carbocycles. The van der Waals surface area contributed by atoms with Crippen molar-refractivity contribution in [2.24, 2.45) is 0 Å². The minimum atomic E-state index is -4.34. The molecule has 1 saturated heterocycles. The molecule has 1 aliphatic heterocycles. The van der Waals surface area contributed by atoms with Crippen molar-refractivity contribution in [3.8, 4) is 0 Å². The Labute approximate surface area is 119 Å². The van der Waals surface area contributed by atoms with Crippen LogP contribution in [0.3, 0.4) is 0 Å². The van der Waals surface area contributed by atoms with E-state index in [1.165, 1.54) is 13.8 Å². The number of aliphatic hydroxyl groups excluding tert-OH is 2. The summed E-state index contributed by atoms with van der Waals surface area (Å²) < 4.78 is 35.8. The first-order valence-electron chi connectivity index (χ1n) is 6.53. The van der Waals surface area contributed by atoms with E-state index in [2.05, 4.69) is 0 Å². The monoisotopic (exact) mass is 310 g/mol. The summed E-state index contributed by atoms with van der Waals surface area (Å²) in [5.74, 6) is -1.55. The fraction of sp³-hybridized carbons (Fsp3) is 1.00. The third-order valence-electron chi connectivity index (χ3n) is 3.64. The fourth-order valence-electron chi connectivity index (χ4n) is 2.10. The first-order valence-corrected chi connectivity index (χ1v) is 8.18. The molecular formula is C11H21BFO6P. The number of hydrogen-bond donors (Lipinski definition) is 3. The van der Waals surface area contributed by atoms with Crippen LogP contribution in [0.5, 0.6) is 0 Å². The van der Waals surface area contributed by atoms with Crippen molar-refractivity contribution in [1.29, 1.82) is 0 Å². The highest BCUT2D eigenvalue weighted by molar-refractivity contribution is 7.53. The van der Waals surface area contributed by atoms with E-state index < -0.39 is 43.4 Å². The van der Waals surface area contributed by atoms with E-state index in [-0.39, 0.29) is 12.8 Å². The zero-order valence-corrected chi connectivity index (χ0v) is 12.7. The van der Waals surface area contributed by atoms with Gasteiger partial charge in [0.05, 0.1) is 6.00 Å². The molecule has 0 spiro atoms. The van der Waals surface area contributed by atoms with Gasteiger partial charge < -0.3 is 19.8 Å². The van der Waals surface area contributed by atoms with E-state index >= 15 is 0 Å². The summed E-state index contributed by atoms with van der Waals surface area (Å²) in [5, 5.41) is 19.3. The first kappa shape index (κ1) is 18.1. The predicted molar refractivity (Wildman–Crippen MR) is 71.2 cm³/mol. The Balaban J connectivity index is 2.96. The highest BCUT2D eigenvalue weighted by Gasteiger charge is 2.53. The van der Waals surface area contributed by atoms with Crippen molar-refractivity contribution in [3.05, 3.63) is 0 Å². The molecule has 1 fully saturated rings. The molecule has 0 aromatic heterocycles. The number of rotatable bonds is 6. The normalized spacial score (nSPS) is 38.1. The molecule has 0 aromatic rings. The number of aliphatic hydroxyl groups is 2. The van der Waals surface area contributed by atoms with Crippen LogP contribution in [0.4, 0.5) is 4.39 Å². The molecule has 1 rings (SSSR count). The van der Waals surface area contributed by atoms with E-state index in [9.17, 15) is 24.1 Å². The summed E-state index contributed by atoms with van der Waals surface area (Å²) >= 11 is 0. The number of hydrogen-bond acceptors (Lipinski definition) is 5. The lowest BCUT2D eigenvalue weighted by Crippen LogP contribution is -2.48. The molecule has 1 aliphatic rings. The van der Waals surface area contributed by atoms with Gasteiger partial charge in [-0.05, 0) is 19.8 Å². The van der Waals surface area contributed by atoms with Crippen molar-refractivity contribution >= 4 is 15.4 Å². The molecule has 9 heteroatoms. The summed E-state index contributed by atoms with van der Waals surface area (Å²) in [6.45, 7) is 4.57. The van der Waals surface area contributed by atoms with Crippen LogP contribution < -0.4 is 0 Å². The SMILES string of the molecule is [B][C@@H]1O[C@H](C(C)(CC)OP(=O)(O)C(O)CC)[C@@H](O)[C@H]1F. The zero-order valence-electron chi connectivity index (χ0n) is 11.8. The lowest BCUT2D eigenvalue weighted by atomic mass is 9.89. The Bertz CT molecular complexity index is 386. The fourth-order valence-corrected chi connectivity index (χ4v) is 3.51. The van der Waals surface area contributed by atoms with Crippen LogP contribution >= 0.6 is 7.60 Å². The Kier molecular flexibility index (Phi) is 5.80. The van der Waals surface area contributed by atoms with E-state index in [4.69, 9.17) is 17.1 Å². The van der Waals surface area contributed by atoms with Crippen molar-refractivity contribution in [2.45, 2.75) is 69.4 Å². The van der Waals surface area contributed by atoms with E-state index in [1.807, 2.05) is 0 Å². The molecule has 116 valence electrons. The predicted octanol–water partition coefficient (Wildman–Crippen LogP) is 0.678. The molecule has 0 aromatic carbocycles. The standard InChI is InChI=1S/C11H21BFO6P/c1-4-6(14)20(16,17)19-11(3,5-2)9-8(15)7(13)10(12)18-9/h6-10,14-15H,4-5H2,1-3H3,(H,16,17)/t6?,7-,8+,9+,10-,11?/m1/s1. The van der Waals surface area contributed by atoms with Crippen LogP contribution in [0.1, 0.15) is 33.6 Å². The molecule has 20 heavy (non-hydrogen) atoms. The second kappa shape index (κ2) is 6.42. The quantitative estimate of drug-likeness (QED) is 0.493. The molecule has 2 radical (unpaired) electrons. The van der Waals surface area contributed by atoms with Gasteiger partial charge in [-0.3, -0.25) is 9.09 Å². The van der Waals surface area contributed by atoms with Gasteiger partial charge in [-0.25, -0.2) is 4.39 Å². The van der Waals surface area contributed by atoms with Gasteiger partial charge >= 0.3 is 7.60 Å². The average molecular weight is 310 g/mol. The van der Waals surface area contributed by atoms with Gasteiger partial charge in [0.25, 0.3) is 0 Å². The Morgan fingerprint density at radius 2 is 2.10 bits per heavy atom. The second-order valence-electron chi connectivity index (χ2n) is 5.17. The van der Waals surface area contributed by atoms with Gasteiger partial charge in [-0.1, -0.05) is 13.8 Å². The maximum Gasteiger partial charge on any atom is 0.356 e. The first-order chi connectivity index (χ1) is 9.09. The smallest absolute Gasteiger partial charge is 0.356 e. The minimum absolute atomic E-state index is 0.0207. The van der Waals surface area contributed by atoms with Gasteiger partial charge in [0.2, 0.25) is 0 Å². The average Bonchev–Trinajstić information content (AvgIpc) is 2.65. The van der Waals surface area contributed by atoms with Crippen LogP contribution in [0, 0.1) is 0 Å². The van der Waals surface area contributed by atoms with Gasteiger partial charge in [-0.15, -0.1) is 0 Å². The number of ether oxygens (including phenoxy) is 1. The van der Waals surface area contributed by atoms with Crippen molar-refractivity contribution in [3.63, 3.8) is 0 Å². The summed E-state index contributed by atoms with van der Waals surface area (Å²) in [4.78, 5) is 9.75. The summed E-state index contributed by atoms with van der Waals surface area (Å²) in [6, 6.07) is -1.32. The molecule has 0 aliphatic carbocycles. The Hall–Kier alpha value is 0.0249. The molecule has 0 amide bonds. The summed E-state index contributed by atoms with van der Waals surface area (Å²) in [6.07, 6.45) is -4.37. The highest BCUT2D eigenvalue weighted by atomic mass is 31.2. The molecule has 6 nitrogen and oxygen atoms in total. The van der Waals surface area contributed by atoms with Crippen LogP contribution in [0.15, 0.2) is 0 Å². The molecule has 7 atom stereocenters. The van der Waals surface area contributed by atoms with Crippen LogP contribution in [-0.2, 0) is 13.8 Å². The van der Waals surface area contributed by atoms with Gasteiger partial charge in [-0.2, -0.15) is 0 Å². The number of alkyl halides is 1. The van der Waals surface area contributed by atoms with Crippen molar-refractivity contribution in [1.82, 2.24) is 0 Å². The van der Waals surface area contributed by atoms with Gasteiger partial charge in [0.15, 0.2) is 5.85 Å². The molecule has 1 heterocycles. The van der Waals surface area contributed by atoms with Crippen LogP contribution in [-0.4, -0.2) is 58.8 Å². The zero-order chi connectivity index (χ0) is 15.7. The van der Waals surface area contributed by atoms with Crippen molar-refractivity contribution in [2.75, 3.05) is 0 Å². The maximum absolute atomic E-state index is 13.5. The lowest BCUT2D eigenvalue weighted by molar-refractivity contribution is -0.104. The Morgan fingerprint density at radius 1 is 1.55 bits per heavy atom. The van der Waals surface area contributed by atoms with Crippen LogP contribution in [0.25, 0.3) is 0 Å². The van der Waals surface area contributed by atoms with E-state index in [1.54, 1.807) is 6.92 Å². The highest BCUT2D eigenvalue weighted by Crippen LogP contribution is 2.53. The number of halogens is 1.